The maximum Gasteiger partial charge on any atom is 0.223 e. The van der Waals surface area contributed by atoms with Crippen molar-refractivity contribution in [1.29, 1.82) is 0 Å². The van der Waals surface area contributed by atoms with Gasteiger partial charge in [-0.15, -0.1) is 11.8 Å². The van der Waals surface area contributed by atoms with E-state index in [1.165, 1.54) is 25.7 Å². The lowest BCUT2D eigenvalue weighted by Crippen LogP contribution is -2.30. The fourth-order valence-corrected chi connectivity index (χ4v) is 5.24. The largest absolute Gasteiger partial charge is 0.326 e. The Labute approximate surface area is 146 Å². The minimum Gasteiger partial charge on any atom is -0.326 e. The molecular weight excluding hydrogens is 337 g/mol. The number of carbonyl (C=O) groups excluding carboxylic acids is 1. The summed E-state index contributed by atoms with van der Waals surface area (Å²) in [7, 11) is 0. The lowest BCUT2D eigenvalue weighted by Gasteiger charge is -2.25. The van der Waals surface area contributed by atoms with E-state index in [2.05, 4.69) is 0 Å². The monoisotopic (exact) mass is 357 g/mol. The van der Waals surface area contributed by atoms with E-state index in [1.807, 2.05) is 17.0 Å². The third-order valence-corrected chi connectivity index (χ3v) is 6.78. The van der Waals surface area contributed by atoms with Gasteiger partial charge in [-0.1, -0.05) is 61.0 Å². The van der Waals surface area contributed by atoms with Crippen molar-refractivity contribution in [3.63, 3.8) is 0 Å². The van der Waals surface area contributed by atoms with E-state index in [-0.39, 0.29) is 11.3 Å². The molecule has 0 radical (unpaired) electrons. The van der Waals surface area contributed by atoms with Gasteiger partial charge in [0, 0.05) is 24.3 Å². The van der Waals surface area contributed by atoms with E-state index in [0.717, 1.165) is 30.2 Å². The summed E-state index contributed by atoms with van der Waals surface area (Å²) in [5, 5.41) is 1.16. The Kier molecular flexibility index (Phi) is 5.59. The molecule has 3 rings (SSSR count). The Hall–Kier alpha value is -0.380. The Morgan fingerprint density at radius 2 is 2.05 bits per heavy atom. The number of halogens is 2. The van der Waals surface area contributed by atoms with Crippen molar-refractivity contribution in [3.8, 4) is 0 Å². The highest BCUT2D eigenvalue weighted by atomic mass is 35.5. The van der Waals surface area contributed by atoms with Gasteiger partial charge in [-0.05, 0) is 18.4 Å². The molecule has 1 heterocycles. The summed E-state index contributed by atoms with van der Waals surface area (Å²) in [6.07, 6.45) is 6.96. The summed E-state index contributed by atoms with van der Waals surface area (Å²) < 4.78 is 0. The molecule has 120 valence electrons. The molecule has 2 nitrogen and oxygen atoms in total. The normalized spacial score (nSPS) is 22.5. The summed E-state index contributed by atoms with van der Waals surface area (Å²) in [5.41, 5.74) is 0.964. The minimum absolute atomic E-state index is 0.0160. The SMILES string of the molecule is O=C(CCC1CCCC1)N1CCSC1c1cccc(Cl)c1Cl. The summed E-state index contributed by atoms with van der Waals surface area (Å²) in [6.45, 7) is 0.807. The number of carbonyl (C=O) groups is 1. The van der Waals surface area contributed by atoms with E-state index in [0.29, 0.717) is 16.5 Å². The van der Waals surface area contributed by atoms with Crippen LogP contribution in [0.15, 0.2) is 18.2 Å². The molecule has 1 aliphatic carbocycles. The Morgan fingerprint density at radius 1 is 1.27 bits per heavy atom. The Balaban J connectivity index is 1.67. The van der Waals surface area contributed by atoms with Crippen molar-refractivity contribution in [2.24, 2.45) is 5.92 Å². The van der Waals surface area contributed by atoms with Crippen LogP contribution in [0.4, 0.5) is 0 Å². The van der Waals surface area contributed by atoms with E-state index in [1.54, 1.807) is 17.8 Å². The first-order valence-electron chi connectivity index (χ1n) is 8.02. The second-order valence-corrected chi connectivity index (χ2v) is 8.12. The molecule has 0 bridgehead atoms. The number of nitrogens with zero attached hydrogens (tertiary/aromatic N) is 1. The predicted molar refractivity (Wildman–Crippen MR) is 94.6 cm³/mol. The standard InChI is InChI=1S/C17H21Cl2NOS/c18-14-7-3-6-13(16(14)19)17-20(10-11-22-17)15(21)9-8-12-4-1-2-5-12/h3,6-7,12,17H,1-2,4-5,8-11H2. The Morgan fingerprint density at radius 3 is 2.82 bits per heavy atom. The molecule has 1 amide bonds. The van der Waals surface area contributed by atoms with Crippen molar-refractivity contribution in [2.45, 2.75) is 43.9 Å². The van der Waals surface area contributed by atoms with Crippen LogP contribution in [0.3, 0.4) is 0 Å². The molecule has 2 aliphatic rings. The average molecular weight is 358 g/mol. The third kappa shape index (κ3) is 3.58. The molecule has 5 heteroatoms. The number of hydrogen-bond donors (Lipinski definition) is 0. The number of rotatable bonds is 4. The molecule has 1 aromatic carbocycles. The van der Waals surface area contributed by atoms with Crippen molar-refractivity contribution >= 4 is 40.9 Å². The van der Waals surface area contributed by atoms with E-state index in [9.17, 15) is 4.79 Å². The second kappa shape index (κ2) is 7.46. The van der Waals surface area contributed by atoms with Gasteiger partial charge < -0.3 is 4.90 Å². The highest BCUT2D eigenvalue weighted by molar-refractivity contribution is 7.99. The van der Waals surface area contributed by atoms with Gasteiger partial charge >= 0.3 is 0 Å². The quantitative estimate of drug-likeness (QED) is 0.705. The van der Waals surface area contributed by atoms with E-state index >= 15 is 0 Å². The highest BCUT2D eigenvalue weighted by Crippen LogP contribution is 2.43. The first-order chi connectivity index (χ1) is 10.7. The number of hydrogen-bond acceptors (Lipinski definition) is 2. The van der Waals surface area contributed by atoms with E-state index in [4.69, 9.17) is 23.2 Å². The molecule has 1 unspecified atom stereocenters. The number of thioether (sulfide) groups is 1. The maximum atomic E-state index is 12.6. The fourth-order valence-electron chi connectivity index (χ4n) is 3.46. The molecule has 2 fully saturated rings. The van der Waals surface area contributed by atoms with Crippen LogP contribution in [-0.2, 0) is 4.79 Å². The predicted octanol–water partition coefficient (Wildman–Crippen LogP) is 5.54. The lowest BCUT2D eigenvalue weighted by atomic mass is 10.0. The zero-order valence-electron chi connectivity index (χ0n) is 12.6. The average Bonchev–Trinajstić information content (AvgIpc) is 3.18. The maximum absolute atomic E-state index is 12.6. The van der Waals surface area contributed by atoms with Crippen molar-refractivity contribution in [1.82, 2.24) is 4.90 Å². The van der Waals surface area contributed by atoms with Gasteiger partial charge in [-0.2, -0.15) is 0 Å². The topological polar surface area (TPSA) is 20.3 Å². The summed E-state index contributed by atoms with van der Waals surface area (Å²) >= 11 is 14.2. The van der Waals surface area contributed by atoms with Crippen LogP contribution in [0.2, 0.25) is 10.0 Å². The van der Waals surface area contributed by atoms with Crippen LogP contribution in [-0.4, -0.2) is 23.1 Å². The molecule has 0 N–H and O–H groups in total. The van der Waals surface area contributed by atoms with Crippen molar-refractivity contribution in [2.75, 3.05) is 12.3 Å². The lowest BCUT2D eigenvalue weighted by molar-refractivity contribution is -0.131. The molecule has 0 spiro atoms. The smallest absolute Gasteiger partial charge is 0.223 e. The van der Waals surface area contributed by atoms with Gasteiger partial charge in [0.25, 0.3) is 0 Å². The van der Waals surface area contributed by atoms with Gasteiger partial charge in [0.2, 0.25) is 5.91 Å². The van der Waals surface area contributed by atoms with Crippen molar-refractivity contribution < 1.29 is 4.79 Å². The minimum atomic E-state index is 0.0160. The molecule has 22 heavy (non-hydrogen) atoms. The van der Waals surface area contributed by atoms with Crippen LogP contribution < -0.4 is 0 Å². The van der Waals surface area contributed by atoms with Crippen LogP contribution >= 0.6 is 35.0 Å². The van der Waals surface area contributed by atoms with Gasteiger partial charge in [0.15, 0.2) is 0 Å². The number of amides is 1. The van der Waals surface area contributed by atoms with Gasteiger partial charge in [-0.3, -0.25) is 4.79 Å². The summed E-state index contributed by atoms with van der Waals surface area (Å²) in [4.78, 5) is 14.6. The highest BCUT2D eigenvalue weighted by Gasteiger charge is 2.32. The van der Waals surface area contributed by atoms with Crippen LogP contribution in [0.5, 0.6) is 0 Å². The van der Waals surface area contributed by atoms with Crippen LogP contribution in [0.1, 0.15) is 49.5 Å². The molecule has 0 aromatic heterocycles. The van der Waals surface area contributed by atoms with E-state index < -0.39 is 0 Å². The molecule has 1 saturated heterocycles. The molecule has 1 aromatic rings. The van der Waals surface area contributed by atoms with Crippen LogP contribution in [0, 0.1) is 5.92 Å². The third-order valence-electron chi connectivity index (χ3n) is 4.70. The zero-order valence-corrected chi connectivity index (χ0v) is 14.9. The molecule has 1 aliphatic heterocycles. The fraction of sp³-hybridized carbons (Fsp3) is 0.588. The van der Waals surface area contributed by atoms with Gasteiger partial charge in [0.1, 0.15) is 5.37 Å². The number of benzene rings is 1. The first-order valence-corrected chi connectivity index (χ1v) is 9.82. The van der Waals surface area contributed by atoms with Gasteiger partial charge in [0.05, 0.1) is 10.0 Å². The van der Waals surface area contributed by atoms with Gasteiger partial charge in [-0.25, -0.2) is 0 Å². The molecule has 1 atom stereocenters. The first kappa shape index (κ1) is 16.5. The van der Waals surface area contributed by atoms with Crippen molar-refractivity contribution in [3.05, 3.63) is 33.8 Å². The molecule has 1 saturated carbocycles. The zero-order chi connectivity index (χ0) is 15.5. The second-order valence-electron chi connectivity index (χ2n) is 6.14. The summed E-state index contributed by atoms with van der Waals surface area (Å²) in [6, 6.07) is 5.68. The summed E-state index contributed by atoms with van der Waals surface area (Å²) in [5.74, 6) is 1.98. The molecular formula is C17H21Cl2NOS. The van der Waals surface area contributed by atoms with Crippen LogP contribution in [0.25, 0.3) is 0 Å². The Bertz CT molecular complexity index is 545.